The van der Waals surface area contributed by atoms with Gasteiger partial charge in [0.2, 0.25) is 5.91 Å². The van der Waals surface area contributed by atoms with Crippen LogP contribution in [0.2, 0.25) is 0 Å². The molecule has 0 aliphatic heterocycles. The molecule has 0 aliphatic carbocycles. The molecular formula is C17H34N2O3. The molecule has 0 unspecified atom stereocenters. The number of alkyl carbamates (subject to hydrolysis) is 1. The van der Waals surface area contributed by atoms with Gasteiger partial charge in [0, 0.05) is 7.92 Å². The van der Waals surface area contributed by atoms with Crippen molar-refractivity contribution in [1.29, 1.82) is 0 Å². The fourth-order valence-electron chi connectivity index (χ4n) is 1.69. The van der Waals surface area contributed by atoms with E-state index in [1.54, 1.807) is 20.8 Å². The summed E-state index contributed by atoms with van der Waals surface area (Å²) in [5.41, 5.74) is -0.731. The molecule has 5 heteroatoms. The van der Waals surface area contributed by atoms with Gasteiger partial charge in [0.15, 0.2) is 0 Å². The van der Waals surface area contributed by atoms with Crippen molar-refractivity contribution in [2.24, 2.45) is 11.3 Å². The monoisotopic (exact) mass is 316 g/mol. The van der Waals surface area contributed by atoms with Crippen molar-refractivity contribution in [3.05, 3.63) is 0 Å². The van der Waals surface area contributed by atoms with Crippen molar-refractivity contribution >= 4 is 12.0 Å². The van der Waals surface area contributed by atoms with E-state index in [-0.39, 0.29) is 17.2 Å². The average molecular weight is 316 g/mol. The first-order chi connectivity index (χ1) is 10.4. The Kier molecular flexibility index (Phi) is 7.17. The van der Waals surface area contributed by atoms with Crippen LogP contribution in [0.1, 0.15) is 69.6 Å². The number of rotatable bonds is 7. The second kappa shape index (κ2) is 8.39. The normalized spacial score (nSPS) is 14.3. The number of hydrogen-bond acceptors (Lipinski definition) is 3. The minimum absolute atomic E-state index is 0.133. The molecule has 0 aromatic heterocycles. The molecule has 0 spiro atoms. The Hall–Kier alpha value is -1.26. The third-order valence-electron chi connectivity index (χ3n) is 3.13. The smallest absolute Gasteiger partial charge is 0.408 e. The van der Waals surface area contributed by atoms with Gasteiger partial charge in [0.1, 0.15) is 11.6 Å². The number of nitrogens with one attached hydrogen (secondary N) is 2. The molecule has 0 aromatic rings. The van der Waals surface area contributed by atoms with Crippen molar-refractivity contribution in [1.82, 2.24) is 10.6 Å². The molecule has 130 valence electrons. The van der Waals surface area contributed by atoms with Gasteiger partial charge in [-0.1, -0.05) is 34.6 Å². The van der Waals surface area contributed by atoms with Crippen molar-refractivity contribution in [2.45, 2.75) is 79.9 Å². The maximum Gasteiger partial charge on any atom is 0.408 e. The standard InChI is InChI=1S/C17H34N2O3/c1-9-17(7,8)11-18-14(20)13(10-12(2)3)19-15(21)22-16(4,5)6/h12-13H,9-11H2,1-8H3,(H,18,20)(H,19,21)/t13-/m0/s1/i1T. The fraction of sp³-hybridized carbons (Fsp3) is 0.882. The van der Waals surface area contributed by atoms with Gasteiger partial charge in [0.25, 0.3) is 0 Å². The summed E-state index contributed by atoms with van der Waals surface area (Å²) in [5, 5.41) is 5.55. The molecule has 0 fully saturated rings. The number of amides is 2. The SMILES string of the molecule is [3H]CCC(C)(C)CNC(=O)[C@H](CC(C)C)NC(=O)OC(C)(C)C. The summed E-state index contributed by atoms with van der Waals surface area (Å²) in [6.45, 7) is 14.2. The zero-order valence-corrected chi connectivity index (χ0v) is 15.2. The van der Waals surface area contributed by atoms with Gasteiger partial charge in [-0.05, 0) is 44.9 Å². The highest BCUT2D eigenvalue weighted by Crippen LogP contribution is 2.18. The Bertz CT molecular complexity index is 390. The molecule has 22 heavy (non-hydrogen) atoms. The molecule has 0 aliphatic rings. The third-order valence-corrected chi connectivity index (χ3v) is 3.13. The number of carbonyl (C=O) groups excluding carboxylic acids is 2. The van der Waals surface area contributed by atoms with E-state index in [2.05, 4.69) is 10.6 Å². The highest BCUT2D eigenvalue weighted by atomic mass is 16.6. The molecule has 1 atom stereocenters. The molecule has 2 N–H and O–H groups in total. The van der Waals surface area contributed by atoms with Crippen LogP contribution in [0, 0.1) is 11.3 Å². The zero-order chi connectivity index (χ0) is 18.3. The summed E-state index contributed by atoms with van der Waals surface area (Å²) in [4.78, 5) is 24.3. The Labute approximate surface area is 137 Å². The van der Waals surface area contributed by atoms with Crippen LogP contribution >= 0.6 is 0 Å². The van der Waals surface area contributed by atoms with E-state index in [0.717, 1.165) is 0 Å². The zero-order valence-electron chi connectivity index (χ0n) is 16.2. The van der Waals surface area contributed by atoms with E-state index in [1.165, 1.54) is 0 Å². The highest BCUT2D eigenvalue weighted by molar-refractivity contribution is 5.85. The van der Waals surface area contributed by atoms with E-state index >= 15 is 0 Å². The van der Waals surface area contributed by atoms with Gasteiger partial charge in [-0.3, -0.25) is 4.79 Å². The number of ether oxygens (including phenoxy) is 1. The van der Waals surface area contributed by atoms with E-state index in [1.807, 2.05) is 27.7 Å². The van der Waals surface area contributed by atoms with E-state index < -0.39 is 17.7 Å². The first kappa shape index (κ1) is 18.8. The molecule has 0 saturated heterocycles. The highest BCUT2D eigenvalue weighted by Gasteiger charge is 2.26. The molecule has 2 amide bonds. The van der Waals surface area contributed by atoms with Crippen LogP contribution in [0.5, 0.6) is 0 Å². The van der Waals surface area contributed by atoms with Crippen molar-refractivity contribution in [2.75, 3.05) is 6.54 Å². The van der Waals surface area contributed by atoms with Gasteiger partial charge >= 0.3 is 6.09 Å². The molecule has 0 saturated carbocycles. The molecule has 0 heterocycles. The molecule has 0 aromatic carbocycles. The maximum absolute atomic E-state index is 12.4. The number of hydrogen-bond donors (Lipinski definition) is 2. The Balaban J connectivity index is 4.70. The minimum Gasteiger partial charge on any atom is -0.444 e. The lowest BCUT2D eigenvalue weighted by atomic mass is 9.90. The Morgan fingerprint density at radius 1 is 1.18 bits per heavy atom. The van der Waals surface area contributed by atoms with Gasteiger partial charge in [0.05, 0.1) is 0 Å². The van der Waals surface area contributed by atoms with Crippen LogP contribution in [-0.2, 0) is 9.53 Å². The Morgan fingerprint density at radius 2 is 1.77 bits per heavy atom. The summed E-state index contributed by atoms with van der Waals surface area (Å²) in [5.74, 6) is 0.0598. The second-order valence-corrected chi connectivity index (χ2v) is 7.96. The van der Waals surface area contributed by atoms with Crippen molar-refractivity contribution < 1.29 is 15.7 Å². The summed E-state index contributed by atoms with van der Waals surface area (Å²) in [7, 11) is 0. The lowest BCUT2D eigenvalue weighted by molar-refractivity contribution is -0.124. The van der Waals surface area contributed by atoms with Gasteiger partial charge < -0.3 is 15.4 Å². The molecule has 0 bridgehead atoms. The van der Waals surface area contributed by atoms with E-state index in [0.29, 0.717) is 26.3 Å². The fourth-order valence-corrected chi connectivity index (χ4v) is 1.69. The maximum atomic E-state index is 12.4. The predicted molar refractivity (Wildman–Crippen MR) is 89.7 cm³/mol. The average Bonchev–Trinajstić information content (AvgIpc) is 2.32. The number of carbonyl (C=O) groups is 2. The third kappa shape index (κ3) is 9.64. The molecule has 5 nitrogen and oxygen atoms in total. The minimum atomic E-state index is -0.614. The quantitative estimate of drug-likeness (QED) is 0.755. The summed E-state index contributed by atoms with van der Waals surface area (Å²) in [6, 6.07) is -0.614. The molecule has 0 rings (SSSR count). The van der Waals surface area contributed by atoms with Crippen LogP contribution in [0.15, 0.2) is 0 Å². The Morgan fingerprint density at radius 3 is 2.23 bits per heavy atom. The van der Waals surface area contributed by atoms with Crippen LogP contribution < -0.4 is 10.6 Å². The predicted octanol–water partition coefficient (Wildman–Crippen LogP) is 3.48. The van der Waals surface area contributed by atoms with Crippen molar-refractivity contribution in [3.63, 3.8) is 0 Å². The van der Waals surface area contributed by atoms with Crippen LogP contribution in [0.3, 0.4) is 0 Å². The van der Waals surface area contributed by atoms with Crippen LogP contribution in [0.4, 0.5) is 4.79 Å². The first-order valence-corrected chi connectivity index (χ1v) is 7.93. The molecular weight excluding hydrogens is 280 g/mol. The van der Waals surface area contributed by atoms with Gasteiger partial charge in [-0.2, -0.15) is 0 Å². The van der Waals surface area contributed by atoms with E-state index in [9.17, 15) is 9.59 Å². The van der Waals surface area contributed by atoms with Gasteiger partial charge in [-0.15, -0.1) is 0 Å². The summed E-state index contributed by atoms with van der Waals surface area (Å²) >= 11 is 0. The molecule has 0 radical (unpaired) electrons. The topological polar surface area (TPSA) is 67.4 Å². The lowest BCUT2D eigenvalue weighted by Crippen LogP contribution is -2.50. The largest absolute Gasteiger partial charge is 0.444 e. The second-order valence-electron chi connectivity index (χ2n) is 7.96. The van der Waals surface area contributed by atoms with Crippen molar-refractivity contribution in [3.8, 4) is 0 Å². The van der Waals surface area contributed by atoms with Crippen LogP contribution in [0.25, 0.3) is 0 Å². The lowest BCUT2D eigenvalue weighted by Gasteiger charge is -2.27. The van der Waals surface area contributed by atoms with Crippen LogP contribution in [-0.4, -0.2) is 30.2 Å². The summed E-state index contributed by atoms with van der Waals surface area (Å²) in [6.07, 6.45) is 0.676. The summed E-state index contributed by atoms with van der Waals surface area (Å²) < 4.78 is 12.5. The van der Waals surface area contributed by atoms with Gasteiger partial charge in [-0.25, -0.2) is 4.79 Å². The first-order valence-electron chi connectivity index (χ1n) is 8.63. The van der Waals surface area contributed by atoms with E-state index in [4.69, 9.17) is 6.11 Å².